The van der Waals surface area contributed by atoms with Gasteiger partial charge in [0.2, 0.25) is 5.91 Å². The summed E-state index contributed by atoms with van der Waals surface area (Å²) in [6.07, 6.45) is 2.57. The van der Waals surface area contributed by atoms with E-state index in [4.69, 9.17) is 9.47 Å². The number of rotatable bonds is 6. The Kier molecular flexibility index (Phi) is 5.43. The highest BCUT2D eigenvalue weighted by molar-refractivity contribution is 5.97. The summed E-state index contributed by atoms with van der Waals surface area (Å²) in [5.74, 6) is 0.705. The predicted molar refractivity (Wildman–Crippen MR) is 93.1 cm³/mol. The fraction of sp³-hybridized carbons (Fsp3) is 0.556. The van der Waals surface area contributed by atoms with Crippen molar-refractivity contribution in [1.29, 1.82) is 0 Å². The van der Waals surface area contributed by atoms with Gasteiger partial charge in [-0.3, -0.25) is 14.5 Å². The summed E-state index contributed by atoms with van der Waals surface area (Å²) >= 11 is 0. The number of carbonyl (C=O) groups excluding carboxylic acids is 2. The standard InChI is InChI=1S/C18H25N3O4/c1-24-15-6-3-13(11-16(15)25-2)18(23)19-12-17(22)21-9-7-20(8-10-21)14-4-5-14/h3,6,11,14H,4-5,7-10,12H2,1-2H3,(H,19,23). The van der Waals surface area contributed by atoms with Crippen molar-refractivity contribution in [3.63, 3.8) is 0 Å². The molecule has 2 aliphatic rings. The number of piperazine rings is 1. The second kappa shape index (κ2) is 7.74. The molecule has 1 saturated heterocycles. The van der Waals surface area contributed by atoms with Crippen LogP contribution in [-0.4, -0.2) is 74.6 Å². The summed E-state index contributed by atoms with van der Waals surface area (Å²) in [6, 6.07) is 5.66. The maximum Gasteiger partial charge on any atom is 0.251 e. The van der Waals surface area contributed by atoms with E-state index in [1.54, 1.807) is 25.3 Å². The largest absolute Gasteiger partial charge is 0.493 e. The molecule has 1 N–H and O–H groups in total. The SMILES string of the molecule is COc1ccc(C(=O)NCC(=O)N2CCN(C3CC3)CC2)cc1OC. The van der Waals surface area contributed by atoms with E-state index < -0.39 is 0 Å². The van der Waals surface area contributed by atoms with Crippen LogP contribution in [0.15, 0.2) is 18.2 Å². The van der Waals surface area contributed by atoms with Gasteiger partial charge in [0.25, 0.3) is 5.91 Å². The molecule has 7 nitrogen and oxygen atoms in total. The maximum absolute atomic E-state index is 12.3. The van der Waals surface area contributed by atoms with Crippen molar-refractivity contribution in [1.82, 2.24) is 15.1 Å². The summed E-state index contributed by atoms with van der Waals surface area (Å²) in [4.78, 5) is 28.8. The molecule has 2 fully saturated rings. The average molecular weight is 347 g/mol. The zero-order chi connectivity index (χ0) is 17.8. The van der Waals surface area contributed by atoms with Gasteiger partial charge < -0.3 is 19.7 Å². The minimum Gasteiger partial charge on any atom is -0.493 e. The normalized spacial score (nSPS) is 17.9. The summed E-state index contributed by atoms with van der Waals surface area (Å²) in [6.45, 7) is 3.35. The Morgan fingerprint density at radius 2 is 1.76 bits per heavy atom. The first-order valence-electron chi connectivity index (χ1n) is 8.64. The van der Waals surface area contributed by atoms with Crippen LogP contribution in [0.25, 0.3) is 0 Å². The number of methoxy groups -OCH3 is 2. The zero-order valence-electron chi connectivity index (χ0n) is 14.8. The van der Waals surface area contributed by atoms with E-state index in [1.807, 2.05) is 4.90 Å². The minimum atomic E-state index is -0.300. The van der Waals surface area contributed by atoms with Gasteiger partial charge in [0.1, 0.15) is 0 Å². The van der Waals surface area contributed by atoms with Crippen molar-refractivity contribution in [3.05, 3.63) is 23.8 Å². The highest BCUT2D eigenvalue weighted by atomic mass is 16.5. The molecule has 0 spiro atoms. The van der Waals surface area contributed by atoms with E-state index in [0.717, 1.165) is 32.2 Å². The monoisotopic (exact) mass is 347 g/mol. The fourth-order valence-corrected chi connectivity index (χ4v) is 3.12. The van der Waals surface area contributed by atoms with Crippen molar-refractivity contribution >= 4 is 11.8 Å². The third-order valence-electron chi connectivity index (χ3n) is 4.78. The molecule has 136 valence electrons. The molecule has 1 saturated carbocycles. The molecular weight excluding hydrogens is 322 g/mol. The van der Waals surface area contributed by atoms with Gasteiger partial charge in [0.05, 0.1) is 20.8 Å². The van der Waals surface area contributed by atoms with Gasteiger partial charge in [0, 0.05) is 37.8 Å². The van der Waals surface area contributed by atoms with Crippen LogP contribution in [0.5, 0.6) is 11.5 Å². The van der Waals surface area contributed by atoms with Gasteiger partial charge in [0.15, 0.2) is 11.5 Å². The third-order valence-corrected chi connectivity index (χ3v) is 4.78. The third kappa shape index (κ3) is 4.22. The van der Waals surface area contributed by atoms with Crippen LogP contribution < -0.4 is 14.8 Å². The lowest BCUT2D eigenvalue weighted by atomic mass is 10.2. The van der Waals surface area contributed by atoms with Gasteiger partial charge >= 0.3 is 0 Å². The lowest BCUT2D eigenvalue weighted by molar-refractivity contribution is -0.131. The molecule has 1 aliphatic heterocycles. The molecule has 1 aromatic rings. The Balaban J connectivity index is 1.49. The molecule has 0 aromatic heterocycles. The summed E-state index contributed by atoms with van der Waals surface area (Å²) in [5.41, 5.74) is 0.434. The zero-order valence-corrected chi connectivity index (χ0v) is 14.8. The molecular formula is C18H25N3O4. The minimum absolute atomic E-state index is 0.0105. The number of hydrogen-bond acceptors (Lipinski definition) is 5. The van der Waals surface area contributed by atoms with Crippen LogP contribution in [0.2, 0.25) is 0 Å². The van der Waals surface area contributed by atoms with Crippen LogP contribution in [0, 0.1) is 0 Å². The first kappa shape index (κ1) is 17.5. The Morgan fingerprint density at radius 1 is 1.08 bits per heavy atom. The first-order valence-corrected chi connectivity index (χ1v) is 8.64. The van der Waals surface area contributed by atoms with E-state index in [0.29, 0.717) is 17.1 Å². The van der Waals surface area contributed by atoms with E-state index in [9.17, 15) is 9.59 Å². The van der Waals surface area contributed by atoms with Crippen molar-refractivity contribution in [2.45, 2.75) is 18.9 Å². The summed E-state index contributed by atoms with van der Waals surface area (Å²) < 4.78 is 10.4. The van der Waals surface area contributed by atoms with Gasteiger partial charge in [-0.1, -0.05) is 0 Å². The quantitative estimate of drug-likeness (QED) is 0.822. The fourth-order valence-electron chi connectivity index (χ4n) is 3.12. The van der Waals surface area contributed by atoms with Crippen LogP contribution in [0.1, 0.15) is 23.2 Å². The molecule has 7 heteroatoms. The number of carbonyl (C=O) groups is 2. The molecule has 0 bridgehead atoms. The molecule has 3 rings (SSSR count). The predicted octanol–water partition coefficient (Wildman–Crippen LogP) is 0.740. The Labute approximate surface area is 147 Å². The first-order chi connectivity index (χ1) is 12.1. The lowest BCUT2D eigenvalue weighted by Crippen LogP contribution is -2.51. The molecule has 1 aliphatic carbocycles. The molecule has 1 aromatic carbocycles. The number of benzene rings is 1. The van der Waals surface area contributed by atoms with Gasteiger partial charge in [-0.05, 0) is 31.0 Å². The average Bonchev–Trinajstić information content (AvgIpc) is 3.50. The number of amides is 2. The summed E-state index contributed by atoms with van der Waals surface area (Å²) in [5, 5.41) is 2.69. The number of hydrogen-bond donors (Lipinski definition) is 1. The van der Waals surface area contributed by atoms with Gasteiger partial charge in [-0.25, -0.2) is 0 Å². The second-order valence-corrected chi connectivity index (χ2v) is 6.40. The highest BCUT2D eigenvalue weighted by Gasteiger charge is 2.32. The van der Waals surface area contributed by atoms with Gasteiger partial charge in [-0.2, -0.15) is 0 Å². The number of ether oxygens (including phenoxy) is 2. The lowest BCUT2D eigenvalue weighted by Gasteiger charge is -2.34. The van der Waals surface area contributed by atoms with E-state index in [-0.39, 0.29) is 18.4 Å². The van der Waals surface area contributed by atoms with Crippen LogP contribution in [0.4, 0.5) is 0 Å². The molecule has 0 unspecified atom stereocenters. The topological polar surface area (TPSA) is 71.1 Å². The Bertz CT molecular complexity index is 637. The molecule has 25 heavy (non-hydrogen) atoms. The van der Waals surface area contributed by atoms with Gasteiger partial charge in [-0.15, -0.1) is 0 Å². The Hall–Kier alpha value is -2.28. The highest BCUT2D eigenvalue weighted by Crippen LogP contribution is 2.28. The van der Waals surface area contributed by atoms with Crippen LogP contribution in [0.3, 0.4) is 0 Å². The van der Waals surface area contributed by atoms with Crippen molar-refractivity contribution < 1.29 is 19.1 Å². The Morgan fingerprint density at radius 3 is 2.36 bits per heavy atom. The van der Waals surface area contributed by atoms with Crippen LogP contribution >= 0.6 is 0 Å². The second-order valence-electron chi connectivity index (χ2n) is 6.40. The number of nitrogens with zero attached hydrogens (tertiary/aromatic N) is 2. The van der Waals surface area contributed by atoms with Crippen molar-refractivity contribution in [3.8, 4) is 11.5 Å². The molecule has 0 atom stereocenters. The molecule has 1 heterocycles. The van der Waals surface area contributed by atoms with E-state index in [2.05, 4.69) is 10.2 Å². The molecule has 2 amide bonds. The van der Waals surface area contributed by atoms with E-state index in [1.165, 1.54) is 20.0 Å². The smallest absolute Gasteiger partial charge is 0.251 e. The van der Waals surface area contributed by atoms with Crippen LogP contribution in [-0.2, 0) is 4.79 Å². The maximum atomic E-state index is 12.3. The number of nitrogens with one attached hydrogen (secondary N) is 1. The van der Waals surface area contributed by atoms with Crippen molar-refractivity contribution in [2.24, 2.45) is 0 Å². The molecule has 0 radical (unpaired) electrons. The summed E-state index contributed by atoms with van der Waals surface area (Å²) in [7, 11) is 3.06. The van der Waals surface area contributed by atoms with Crippen molar-refractivity contribution in [2.75, 3.05) is 46.9 Å². The van der Waals surface area contributed by atoms with E-state index >= 15 is 0 Å².